The molecule has 0 radical (unpaired) electrons. The summed E-state index contributed by atoms with van der Waals surface area (Å²) in [6, 6.07) is 4.10. The molecule has 0 bridgehead atoms. The number of hydrogen-bond donors (Lipinski definition) is 1. The van der Waals surface area contributed by atoms with Crippen molar-refractivity contribution in [3.05, 3.63) is 23.3 Å². The van der Waals surface area contributed by atoms with Crippen molar-refractivity contribution in [2.75, 3.05) is 19.8 Å². The lowest BCUT2D eigenvalue weighted by atomic mass is 9.93. The van der Waals surface area contributed by atoms with Gasteiger partial charge >= 0.3 is 0 Å². The lowest BCUT2D eigenvalue weighted by Gasteiger charge is -2.24. The van der Waals surface area contributed by atoms with Crippen LogP contribution in [0.5, 0.6) is 11.5 Å². The van der Waals surface area contributed by atoms with Gasteiger partial charge in [-0.15, -0.1) is 0 Å². The van der Waals surface area contributed by atoms with Gasteiger partial charge in [-0.05, 0) is 30.5 Å². The van der Waals surface area contributed by atoms with Crippen LogP contribution in [0.3, 0.4) is 0 Å². The van der Waals surface area contributed by atoms with Crippen molar-refractivity contribution in [1.29, 1.82) is 0 Å². The molecular formula is C13H19NO2. The third kappa shape index (κ3) is 2.00. The average Bonchev–Trinajstić information content (AvgIpc) is 2.28. The van der Waals surface area contributed by atoms with E-state index in [-0.39, 0.29) is 0 Å². The molecule has 88 valence electrons. The molecule has 1 aliphatic rings. The van der Waals surface area contributed by atoms with Gasteiger partial charge in [0, 0.05) is 5.56 Å². The average molecular weight is 221 g/mol. The van der Waals surface area contributed by atoms with E-state index in [0.29, 0.717) is 25.7 Å². The first-order chi connectivity index (χ1) is 7.74. The molecule has 1 aromatic rings. The van der Waals surface area contributed by atoms with Crippen LogP contribution in [0.25, 0.3) is 0 Å². The summed E-state index contributed by atoms with van der Waals surface area (Å²) < 4.78 is 11.3. The van der Waals surface area contributed by atoms with Crippen molar-refractivity contribution < 1.29 is 9.47 Å². The fourth-order valence-electron chi connectivity index (χ4n) is 2.18. The van der Waals surface area contributed by atoms with Crippen LogP contribution < -0.4 is 15.2 Å². The molecule has 0 aromatic heterocycles. The summed E-state index contributed by atoms with van der Waals surface area (Å²) in [5.41, 5.74) is 8.17. The van der Waals surface area contributed by atoms with E-state index >= 15 is 0 Å². The summed E-state index contributed by atoms with van der Waals surface area (Å²) in [6.45, 7) is 6.29. The highest BCUT2D eigenvalue weighted by Gasteiger charge is 2.20. The maximum Gasteiger partial charge on any atom is 0.165 e. The molecule has 2 N–H and O–H groups in total. The summed E-state index contributed by atoms with van der Waals surface area (Å²) in [4.78, 5) is 0. The topological polar surface area (TPSA) is 44.5 Å². The molecule has 0 atom stereocenters. The molecule has 0 spiro atoms. The summed E-state index contributed by atoms with van der Waals surface area (Å²) in [5, 5.41) is 0. The van der Waals surface area contributed by atoms with E-state index in [2.05, 4.69) is 19.9 Å². The van der Waals surface area contributed by atoms with Crippen molar-refractivity contribution in [3.63, 3.8) is 0 Å². The van der Waals surface area contributed by atoms with Crippen molar-refractivity contribution in [3.8, 4) is 11.5 Å². The van der Waals surface area contributed by atoms with Crippen LogP contribution in [-0.4, -0.2) is 19.8 Å². The third-order valence-electron chi connectivity index (χ3n) is 2.83. The number of rotatable bonds is 3. The van der Waals surface area contributed by atoms with E-state index in [4.69, 9.17) is 15.2 Å². The molecule has 1 aromatic carbocycles. The Hall–Kier alpha value is -1.22. The van der Waals surface area contributed by atoms with E-state index in [1.165, 1.54) is 11.1 Å². The van der Waals surface area contributed by atoms with Gasteiger partial charge in [0.15, 0.2) is 11.5 Å². The highest BCUT2D eigenvalue weighted by molar-refractivity contribution is 5.53. The van der Waals surface area contributed by atoms with Crippen molar-refractivity contribution in [1.82, 2.24) is 0 Å². The summed E-state index contributed by atoms with van der Waals surface area (Å²) in [7, 11) is 0. The summed E-state index contributed by atoms with van der Waals surface area (Å²) in [5.74, 6) is 2.22. The molecule has 0 unspecified atom stereocenters. The highest BCUT2D eigenvalue weighted by Crippen LogP contribution is 2.39. The predicted molar refractivity (Wildman–Crippen MR) is 64.3 cm³/mol. The van der Waals surface area contributed by atoms with Crippen molar-refractivity contribution in [2.24, 2.45) is 5.73 Å². The molecule has 1 heterocycles. The third-order valence-corrected chi connectivity index (χ3v) is 2.83. The zero-order chi connectivity index (χ0) is 11.5. The van der Waals surface area contributed by atoms with Gasteiger partial charge in [-0.25, -0.2) is 0 Å². The Bertz CT molecular complexity index is 374. The van der Waals surface area contributed by atoms with Gasteiger partial charge in [0.2, 0.25) is 0 Å². The lowest BCUT2D eigenvalue weighted by Crippen LogP contribution is -2.18. The summed E-state index contributed by atoms with van der Waals surface area (Å²) >= 11 is 0. The number of hydrogen-bond acceptors (Lipinski definition) is 3. The molecule has 0 saturated heterocycles. The Kier molecular flexibility index (Phi) is 3.34. The van der Waals surface area contributed by atoms with Gasteiger partial charge in [-0.2, -0.15) is 0 Å². The Balaban J connectivity index is 2.48. The van der Waals surface area contributed by atoms with Crippen LogP contribution >= 0.6 is 0 Å². The zero-order valence-electron chi connectivity index (χ0n) is 9.95. The fourth-order valence-corrected chi connectivity index (χ4v) is 2.18. The van der Waals surface area contributed by atoms with Gasteiger partial charge in [-0.1, -0.05) is 19.9 Å². The van der Waals surface area contributed by atoms with Gasteiger partial charge in [-0.3, -0.25) is 0 Å². The standard InChI is InChI=1S/C13H19NO2/c1-9(2)12-10(5-6-14)3-4-11-13(12)16-8-7-15-11/h3-4,9H,5-8,14H2,1-2H3. The van der Waals surface area contributed by atoms with Crippen LogP contribution in [0.1, 0.15) is 30.9 Å². The molecule has 0 amide bonds. The second-order valence-corrected chi connectivity index (χ2v) is 4.36. The molecule has 16 heavy (non-hydrogen) atoms. The van der Waals surface area contributed by atoms with Crippen LogP contribution in [0.2, 0.25) is 0 Å². The van der Waals surface area contributed by atoms with Crippen LogP contribution in [0, 0.1) is 0 Å². The largest absolute Gasteiger partial charge is 0.486 e. The first-order valence-corrected chi connectivity index (χ1v) is 5.85. The smallest absolute Gasteiger partial charge is 0.165 e. The van der Waals surface area contributed by atoms with E-state index < -0.39 is 0 Å². The fraction of sp³-hybridized carbons (Fsp3) is 0.538. The Morgan fingerprint density at radius 1 is 1.25 bits per heavy atom. The SMILES string of the molecule is CC(C)c1c(CCN)ccc2c1OCCO2. The molecule has 1 aliphatic heterocycles. The van der Waals surface area contributed by atoms with Crippen molar-refractivity contribution >= 4 is 0 Å². The van der Waals surface area contributed by atoms with Crippen LogP contribution in [0.4, 0.5) is 0 Å². The van der Waals surface area contributed by atoms with Gasteiger partial charge in [0.05, 0.1) is 0 Å². The van der Waals surface area contributed by atoms with Gasteiger partial charge in [0.1, 0.15) is 13.2 Å². The maximum absolute atomic E-state index is 5.74. The first kappa shape index (κ1) is 11.3. The lowest BCUT2D eigenvalue weighted by molar-refractivity contribution is 0.169. The molecular weight excluding hydrogens is 202 g/mol. The molecule has 2 rings (SSSR count). The van der Waals surface area contributed by atoms with E-state index in [1.54, 1.807) is 0 Å². The van der Waals surface area contributed by atoms with E-state index in [0.717, 1.165) is 17.9 Å². The van der Waals surface area contributed by atoms with E-state index in [9.17, 15) is 0 Å². The number of ether oxygens (including phenoxy) is 2. The van der Waals surface area contributed by atoms with Crippen LogP contribution in [0.15, 0.2) is 12.1 Å². The summed E-state index contributed by atoms with van der Waals surface area (Å²) in [6.07, 6.45) is 0.893. The van der Waals surface area contributed by atoms with Crippen LogP contribution in [-0.2, 0) is 6.42 Å². The second-order valence-electron chi connectivity index (χ2n) is 4.36. The Morgan fingerprint density at radius 2 is 2.00 bits per heavy atom. The minimum Gasteiger partial charge on any atom is -0.486 e. The number of fused-ring (bicyclic) bond motifs is 1. The van der Waals surface area contributed by atoms with E-state index in [1.807, 2.05) is 6.07 Å². The predicted octanol–water partition coefficient (Wildman–Crippen LogP) is 2.08. The molecule has 3 heteroatoms. The second kappa shape index (κ2) is 4.74. The normalized spacial score (nSPS) is 14.2. The Morgan fingerprint density at radius 3 is 2.69 bits per heavy atom. The van der Waals surface area contributed by atoms with Gasteiger partial charge < -0.3 is 15.2 Å². The molecule has 0 saturated carbocycles. The Labute approximate surface area is 96.5 Å². The minimum absolute atomic E-state index is 0.429. The monoisotopic (exact) mass is 221 g/mol. The molecule has 0 fully saturated rings. The maximum atomic E-state index is 5.74. The van der Waals surface area contributed by atoms with Gasteiger partial charge in [0.25, 0.3) is 0 Å². The first-order valence-electron chi connectivity index (χ1n) is 5.85. The van der Waals surface area contributed by atoms with Crippen molar-refractivity contribution in [2.45, 2.75) is 26.2 Å². The minimum atomic E-state index is 0.429. The number of nitrogens with two attached hydrogens (primary N) is 1. The quantitative estimate of drug-likeness (QED) is 0.850. The highest BCUT2D eigenvalue weighted by atomic mass is 16.6. The molecule has 3 nitrogen and oxygen atoms in total. The molecule has 0 aliphatic carbocycles. The number of benzene rings is 1. The zero-order valence-corrected chi connectivity index (χ0v) is 9.95.